The Bertz CT molecular complexity index is 2440. The SMILES string of the molecule is CC=CCc1nc(-c2ccccc2)nc(-n2c3ccccc3c3cc4c(cc32)C(c2ccccc2)(c2ccccc2)c2ccccc2-4)n1. The maximum atomic E-state index is 5.16. The second-order valence-corrected chi connectivity index (χ2v) is 12.3. The first-order valence-corrected chi connectivity index (χ1v) is 16.5. The standard InChI is InChI=1S/C44H32N4/c1-2-3-27-41-45-42(30-17-7-4-8-18-30)47-43(46-41)48-39-26-16-14-24-34(39)36-28-35-33-23-13-15-25-37(33)44(38(35)29-40(36)48,31-19-9-5-10-20-31)32-21-11-6-12-22-32/h2-26,28-29H,27H2,1H3. The Kier molecular flexibility index (Phi) is 6.61. The molecule has 0 bridgehead atoms. The van der Waals surface area contributed by atoms with Gasteiger partial charge in [-0.05, 0) is 58.5 Å². The van der Waals surface area contributed by atoms with E-state index in [1.807, 2.05) is 31.2 Å². The van der Waals surface area contributed by atoms with Crippen LogP contribution in [0.2, 0.25) is 0 Å². The molecular weight excluding hydrogens is 585 g/mol. The van der Waals surface area contributed by atoms with Crippen LogP contribution in [0.4, 0.5) is 0 Å². The first-order chi connectivity index (χ1) is 23.8. The molecule has 0 amide bonds. The highest BCUT2D eigenvalue weighted by atomic mass is 15.2. The highest BCUT2D eigenvalue weighted by Crippen LogP contribution is 2.57. The van der Waals surface area contributed by atoms with Gasteiger partial charge in [0.25, 0.3) is 0 Å². The van der Waals surface area contributed by atoms with Gasteiger partial charge in [0.05, 0.1) is 16.4 Å². The first kappa shape index (κ1) is 28.1. The van der Waals surface area contributed by atoms with Crippen LogP contribution < -0.4 is 0 Å². The number of allylic oxidation sites excluding steroid dienone is 2. The van der Waals surface area contributed by atoms with Gasteiger partial charge in [0.2, 0.25) is 5.95 Å². The Hall–Kier alpha value is -6.13. The van der Waals surface area contributed by atoms with E-state index >= 15 is 0 Å². The van der Waals surface area contributed by atoms with E-state index in [9.17, 15) is 0 Å². The van der Waals surface area contributed by atoms with Crippen molar-refractivity contribution >= 4 is 21.8 Å². The van der Waals surface area contributed by atoms with Crippen molar-refractivity contribution in [2.24, 2.45) is 0 Å². The Labute approximate surface area is 279 Å². The van der Waals surface area contributed by atoms with Crippen LogP contribution >= 0.6 is 0 Å². The molecule has 0 spiro atoms. The number of benzene rings is 6. The average molecular weight is 617 g/mol. The summed E-state index contributed by atoms with van der Waals surface area (Å²) in [6.07, 6.45) is 4.76. The van der Waals surface area contributed by atoms with Crippen molar-refractivity contribution in [3.05, 3.63) is 192 Å². The number of nitrogens with zero attached hydrogens (tertiary/aromatic N) is 4. The van der Waals surface area contributed by atoms with E-state index in [4.69, 9.17) is 15.0 Å². The van der Waals surface area contributed by atoms with Gasteiger partial charge in [0.1, 0.15) is 5.82 Å². The first-order valence-electron chi connectivity index (χ1n) is 16.5. The summed E-state index contributed by atoms with van der Waals surface area (Å²) in [4.78, 5) is 15.2. The fourth-order valence-corrected chi connectivity index (χ4v) is 7.66. The van der Waals surface area contributed by atoms with E-state index in [0.29, 0.717) is 18.2 Å². The Morgan fingerprint density at radius 2 is 1.21 bits per heavy atom. The molecule has 0 saturated heterocycles. The average Bonchev–Trinajstić information content (AvgIpc) is 3.64. The molecule has 4 heteroatoms. The highest BCUT2D eigenvalue weighted by Gasteiger charge is 2.46. The van der Waals surface area contributed by atoms with E-state index in [2.05, 4.69) is 144 Å². The number of fused-ring (bicyclic) bond motifs is 6. The van der Waals surface area contributed by atoms with Crippen molar-refractivity contribution in [1.29, 1.82) is 0 Å². The van der Waals surface area contributed by atoms with E-state index < -0.39 is 5.41 Å². The van der Waals surface area contributed by atoms with Crippen LogP contribution in [0.1, 0.15) is 35.0 Å². The second-order valence-electron chi connectivity index (χ2n) is 12.3. The summed E-state index contributed by atoms with van der Waals surface area (Å²) in [5.74, 6) is 2.02. The molecule has 0 unspecified atom stereocenters. The number of aromatic nitrogens is 4. The molecule has 0 atom stereocenters. The van der Waals surface area contributed by atoms with Gasteiger partial charge in [-0.1, -0.05) is 146 Å². The van der Waals surface area contributed by atoms with E-state index in [1.54, 1.807) is 0 Å². The lowest BCUT2D eigenvalue weighted by Gasteiger charge is -2.34. The molecule has 8 aromatic rings. The quantitative estimate of drug-likeness (QED) is 0.175. The maximum absolute atomic E-state index is 5.16. The molecular formula is C44H32N4. The summed E-state index contributed by atoms with van der Waals surface area (Å²) < 4.78 is 2.24. The van der Waals surface area contributed by atoms with Gasteiger partial charge in [-0.2, -0.15) is 9.97 Å². The number of para-hydroxylation sites is 1. The van der Waals surface area contributed by atoms with Gasteiger partial charge in [0, 0.05) is 22.8 Å². The van der Waals surface area contributed by atoms with Crippen molar-refractivity contribution in [1.82, 2.24) is 19.5 Å². The summed E-state index contributed by atoms with van der Waals surface area (Å²) in [7, 11) is 0. The lowest BCUT2D eigenvalue weighted by molar-refractivity contribution is 0.769. The summed E-state index contributed by atoms with van der Waals surface area (Å²) in [5.41, 5.74) is 10.1. The Morgan fingerprint density at radius 3 is 1.94 bits per heavy atom. The minimum Gasteiger partial charge on any atom is -0.278 e. The predicted octanol–water partition coefficient (Wildman–Crippen LogP) is 10.1. The van der Waals surface area contributed by atoms with Crippen molar-refractivity contribution in [2.75, 3.05) is 0 Å². The molecule has 1 aliphatic carbocycles. The molecule has 228 valence electrons. The van der Waals surface area contributed by atoms with Crippen LogP contribution in [0, 0.1) is 0 Å². The maximum Gasteiger partial charge on any atom is 0.238 e. The smallest absolute Gasteiger partial charge is 0.238 e. The van der Waals surface area contributed by atoms with Crippen LogP contribution in [-0.2, 0) is 11.8 Å². The topological polar surface area (TPSA) is 43.6 Å². The third kappa shape index (κ3) is 4.19. The molecule has 0 radical (unpaired) electrons. The third-order valence-electron chi connectivity index (χ3n) is 9.69. The minimum absolute atomic E-state index is 0.505. The monoisotopic (exact) mass is 616 g/mol. The molecule has 2 aromatic heterocycles. The van der Waals surface area contributed by atoms with Crippen molar-refractivity contribution in [2.45, 2.75) is 18.8 Å². The fraction of sp³-hybridized carbons (Fsp3) is 0.0682. The minimum atomic E-state index is -0.505. The van der Waals surface area contributed by atoms with Crippen molar-refractivity contribution < 1.29 is 0 Å². The lowest BCUT2D eigenvalue weighted by atomic mass is 9.67. The van der Waals surface area contributed by atoms with Crippen molar-refractivity contribution in [3.63, 3.8) is 0 Å². The van der Waals surface area contributed by atoms with Gasteiger partial charge in [-0.15, -0.1) is 0 Å². The fourth-order valence-electron chi connectivity index (χ4n) is 7.66. The van der Waals surface area contributed by atoms with Crippen LogP contribution in [0.15, 0.2) is 164 Å². The van der Waals surface area contributed by atoms with E-state index in [1.165, 1.54) is 44.2 Å². The van der Waals surface area contributed by atoms with Crippen LogP contribution in [-0.4, -0.2) is 19.5 Å². The molecule has 9 rings (SSSR count). The normalized spacial score (nSPS) is 13.3. The number of hydrogen-bond donors (Lipinski definition) is 0. The van der Waals surface area contributed by atoms with Crippen LogP contribution in [0.5, 0.6) is 0 Å². The molecule has 4 nitrogen and oxygen atoms in total. The second kappa shape index (κ2) is 11.3. The zero-order valence-corrected chi connectivity index (χ0v) is 26.6. The zero-order chi connectivity index (χ0) is 32.1. The Balaban J connectivity index is 1.41. The predicted molar refractivity (Wildman–Crippen MR) is 195 cm³/mol. The highest BCUT2D eigenvalue weighted by molar-refractivity contribution is 6.11. The number of rotatable bonds is 6. The van der Waals surface area contributed by atoms with Crippen LogP contribution in [0.25, 0.3) is 50.3 Å². The largest absolute Gasteiger partial charge is 0.278 e. The van der Waals surface area contributed by atoms with Crippen molar-refractivity contribution in [3.8, 4) is 28.5 Å². The van der Waals surface area contributed by atoms with Gasteiger partial charge in [-0.3, -0.25) is 4.57 Å². The molecule has 1 aliphatic rings. The number of hydrogen-bond acceptors (Lipinski definition) is 3. The van der Waals surface area contributed by atoms with Gasteiger partial charge < -0.3 is 0 Å². The summed E-state index contributed by atoms with van der Waals surface area (Å²) in [6.45, 7) is 2.03. The molecule has 0 fully saturated rings. The molecule has 0 saturated carbocycles. The molecule has 0 aliphatic heterocycles. The summed E-state index contributed by atoms with van der Waals surface area (Å²) in [5, 5.41) is 2.34. The van der Waals surface area contributed by atoms with E-state index in [0.717, 1.165) is 22.4 Å². The summed E-state index contributed by atoms with van der Waals surface area (Å²) in [6, 6.07) is 54.4. The molecule has 0 N–H and O–H groups in total. The van der Waals surface area contributed by atoms with Crippen LogP contribution in [0.3, 0.4) is 0 Å². The summed E-state index contributed by atoms with van der Waals surface area (Å²) >= 11 is 0. The molecule has 48 heavy (non-hydrogen) atoms. The Morgan fingerprint density at radius 1 is 0.562 bits per heavy atom. The zero-order valence-electron chi connectivity index (χ0n) is 26.6. The van der Waals surface area contributed by atoms with Gasteiger partial charge in [0.15, 0.2) is 5.82 Å². The van der Waals surface area contributed by atoms with Gasteiger partial charge >= 0.3 is 0 Å². The van der Waals surface area contributed by atoms with E-state index in [-0.39, 0.29) is 0 Å². The lowest BCUT2D eigenvalue weighted by Crippen LogP contribution is -2.28. The molecule has 6 aromatic carbocycles. The molecule has 2 heterocycles. The van der Waals surface area contributed by atoms with Gasteiger partial charge in [-0.25, -0.2) is 4.98 Å². The third-order valence-corrected chi connectivity index (χ3v) is 9.69.